The van der Waals surface area contributed by atoms with Crippen molar-refractivity contribution >= 4 is 51.6 Å². The van der Waals surface area contributed by atoms with Crippen molar-refractivity contribution in [1.82, 2.24) is 14.8 Å². The monoisotopic (exact) mass is 592 g/mol. The van der Waals surface area contributed by atoms with Gasteiger partial charge in [-0.3, -0.25) is 9.36 Å². The predicted molar refractivity (Wildman–Crippen MR) is 152 cm³/mol. The molecule has 0 fully saturated rings. The lowest BCUT2D eigenvalue weighted by atomic mass is 9.95. The maximum absolute atomic E-state index is 13.4. The van der Waals surface area contributed by atoms with E-state index >= 15 is 0 Å². The summed E-state index contributed by atoms with van der Waals surface area (Å²) in [6, 6.07) is 3.89. The Balaban J connectivity index is 1.47. The molecule has 12 heteroatoms. The number of halogens is 2. The molecule has 208 valence electrons. The van der Waals surface area contributed by atoms with Crippen molar-refractivity contribution in [2.24, 2.45) is 0 Å². The highest BCUT2D eigenvalue weighted by atomic mass is 35.5. The zero-order valence-corrected chi connectivity index (χ0v) is 24.3. The number of amides is 1. The summed E-state index contributed by atoms with van der Waals surface area (Å²) < 4.78 is 26.6. The van der Waals surface area contributed by atoms with Gasteiger partial charge < -0.3 is 14.8 Å². The summed E-state index contributed by atoms with van der Waals surface area (Å²) in [4.78, 5) is 27.0. The highest BCUT2D eigenvalue weighted by Crippen LogP contribution is 2.39. The molecule has 1 unspecified atom stereocenters. The van der Waals surface area contributed by atoms with Crippen LogP contribution in [0, 0.1) is 5.82 Å². The number of hydrogen-bond donors (Lipinski definition) is 1. The lowest BCUT2D eigenvalue weighted by Gasteiger charge is -2.16. The highest BCUT2D eigenvalue weighted by Gasteiger charge is 2.28. The van der Waals surface area contributed by atoms with Crippen molar-refractivity contribution in [3.8, 4) is 5.75 Å². The Bertz CT molecular complexity index is 1370. The Labute approximate surface area is 239 Å². The van der Waals surface area contributed by atoms with Crippen molar-refractivity contribution in [2.45, 2.75) is 70.4 Å². The van der Waals surface area contributed by atoms with Crippen molar-refractivity contribution < 1.29 is 23.5 Å². The van der Waals surface area contributed by atoms with Crippen molar-refractivity contribution in [1.29, 1.82) is 0 Å². The minimum Gasteiger partial charge on any atom is -0.481 e. The fraction of sp³-hybridized carbons (Fsp3) is 0.407. The van der Waals surface area contributed by atoms with E-state index in [0.717, 1.165) is 36.1 Å². The summed E-state index contributed by atoms with van der Waals surface area (Å²) >= 11 is 8.77. The maximum Gasteiger partial charge on any atom is 0.341 e. The Morgan fingerprint density at radius 2 is 2.05 bits per heavy atom. The standard InChI is InChI=1S/C27H30ClFN4O4S2/c1-5-12-33-24(16(4)37-20-11-10-17(29)13-19(20)28)31-32-27(33)38-14-22(34)30-25-23(26(35)36-15(2)3)18-8-6-7-9-21(18)39-25/h5,10-11,13,15-16H,1,6-9,12,14H2,2-4H3,(H,30,34). The molecule has 0 bridgehead atoms. The van der Waals surface area contributed by atoms with Crippen LogP contribution in [0.15, 0.2) is 36.0 Å². The number of thioether (sulfide) groups is 1. The van der Waals surface area contributed by atoms with Crippen LogP contribution >= 0.6 is 34.7 Å². The Hall–Kier alpha value is -2.89. The number of aromatic nitrogens is 3. The van der Waals surface area contributed by atoms with Crippen LogP contribution in [0.1, 0.15) is 66.3 Å². The lowest BCUT2D eigenvalue weighted by molar-refractivity contribution is -0.113. The number of esters is 1. The summed E-state index contributed by atoms with van der Waals surface area (Å²) in [7, 11) is 0. The molecule has 1 amide bonds. The minimum atomic E-state index is -0.560. The summed E-state index contributed by atoms with van der Waals surface area (Å²) in [5.41, 5.74) is 1.47. The van der Waals surface area contributed by atoms with Gasteiger partial charge in [-0.15, -0.1) is 28.1 Å². The first-order valence-corrected chi connectivity index (χ1v) is 14.8. The zero-order chi connectivity index (χ0) is 28.1. The van der Waals surface area contributed by atoms with Gasteiger partial charge >= 0.3 is 5.97 Å². The molecule has 1 N–H and O–H groups in total. The third kappa shape index (κ3) is 7.01. The van der Waals surface area contributed by atoms with Crippen LogP contribution in [0.3, 0.4) is 0 Å². The first-order valence-electron chi connectivity index (χ1n) is 12.6. The van der Waals surface area contributed by atoms with Crippen LogP contribution in [-0.4, -0.2) is 38.5 Å². The van der Waals surface area contributed by atoms with Crippen LogP contribution < -0.4 is 10.1 Å². The number of fused-ring (bicyclic) bond motifs is 1. The quantitative estimate of drug-likeness (QED) is 0.152. The van der Waals surface area contributed by atoms with Gasteiger partial charge in [0.1, 0.15) is 16.6 Å². The summed E-state index contributed by atoms with van der Waals surface area (Å²) in [6.07, 6.45) is 4.64. The van der Waals surface area contributed by atoms with E-state index in [0.29, 0.717) is 33.8 Å². The van der Waals surface area contributed by atoms with Gasteiger partial charge in [-0.25, -0.2) is 9.18 Å². The van der Waals surface area contributed by atoms with Crippen LogP contribution in [0.4, 0.5) is 9.39 Å². The molecule has 1 aromatic carbocycles. The molecule has 39 heavy (non-hydrogen) atoms. The second kappa shape index (κ2) is 13.0. The SMILES string of the molecule is C=CCn1c(SCC(=O)Nc2sc3c(c2C(=O)OC(C)C)CCCC3)nnc1C(C)Oc1ccc(F)cc1Cl. The number of aryl methyl sites for hydroxylation is 1. The smallest absolute Gasteiger partial charge is 0.341 e. The molecule has 8 nitrogen and oxygen atoms in total. The minimum absolute atomic E-state index is 0.0511. The van der Waals surface area contributed by atoms with E-state index in [9.17, 15) is 14.0 Å². The molecule has 3 aromatic rings. The summed E-state index contributed by atoms with van der Waals surface area (Å²) in [5, 5.41) is 12.6. The molecule has 0 radical (unpaired) electrons. The number of allylic oxidation sites excluding steroid dienone is 1. The number of anilines is 1. The lowest BCUT2D eigenvalue weighted by Crippen LogP contribution is -2.19. The Kier molecular flexibility index (Phi) is 9.68. The molecular weight excluding hydrogens is 563 g/mol. The molecule has 1 aliphatic rings. The number of nitrogens with one attached hydrogen (secondary N) is 1. The molecule has 0 saturated carbocycles. The highest BCUT2D eigenvalue weighted by molar-refractivity contribution is 7.99. The second-order valence-corrected chi connectivity index (χ2v) is 11.7. The molecular formula is C27H30ClFN4O4S2. The maximum atomic E-state index is 13.4. The Morgan fingerprint density at radius 3 is 2.77 bits per heavy atom. The second-order valence-electron chi connectivity index (χ2n) is 9.28. The van der Waals surface area contributed by atoms with Crippen LogP contribution in [0.5, 0.6) is 5.75 Å². The number of rotatable bonds is 11. The van der Waals surface area contributed by atoms with Gasteiger partial charge in [0.25, 0.3) is 0 Å². The van der Waals surface area contributed by atoms with E-state index in [1.807, 2.05) is 0 Å². The topological polar surface area (TPSA) is 95.3 Å². The Morgan fingerprint density at radius 1 is 1.28 bits per heavy atom. The zero-order valence-electron chi connectivity index (χ0n) is 22.0. The molecule has 2 heterocycles. The van der Waals surface area contributed by atoms with E-state index in [2.05, 4.69) is 22.1 Å². The average molecular weight is 593 g/mol. The van der Waals surface area contributed by atoms with Crippen LogP contribution in [-0.2, 0) is 28.9 Å². The summed E-state index contributed by atoms with van der Waals surface area (Å²) in [6.45, 7) is 9.58. The number of thiophene rings is 1. The molecule has 0 spiro atoms. The van der Waals surface area contributed by atoms with Crippen LogP contribution in [0.2, 0.25) is 5.02 Å². The molecule has 1 aliphatic carbocycles. The fourth-order valence-electron chi connectivity index (χ4n) is 4.26. The number of nitrogens with zero attached hydrogens (tertiary/aromatic N) is 3. The number of hydrogen-bond acceptors (Lipinski definition) is 8. The third-order valence-corrected chi connectivity index (χ3v) is 8.39. The first-order chi connectivity index (χ1) is 18.7. The van der Waals surface area contributed by atoms with Crippen LogP contribution in [0.25, 0.3) is 0 Å². The van der Waals surface area contributed by atoms with E-state index in [-0.39, 0.29) is 22.8 Å². The molecule has 0 saturated heterocycles. The van der Waals surface area contributed by atoms with Gasteiger partial charge in [0, 0.05) is 11.4 Å². The van der Waals surface area contributed by atoms with Crippen molar-refractivity contribution in [2.75, 3.05) is 11.1 Å². The van der Waals surface area contributed by atoms with Gasteiger partial charge in [0.2, 0.25) is 5.91 Å². The van der Waals surface area contributed by atoms with E-state index < -0.39 is 17.9 Å². The van der Waals surface area contributed by atoms with Crippen molar-refractivity contribution in [3.05, 3.63) is 63.5 Å². The molecule has 0 aliphatic heterocycles. The number of carbonyl (C=O) groups excluding carboxylic acids is 2. The van der Waals surface area contributed by atoms with Gasteiger partial charge in [0.15, 0.2) is 17.1 Å². The van der Waals surface area contributed by atoms with Gasteiger partial charge in [-0.1, -0.05) is 29.4 Å². The van der Waals surface area contributed by atoms with E-state index in [4.69, 9.17) is 21.1 Å². The number of carbonyl (C=O) groups is 2. The first kappa shape index (κ1) is 29.1. The molecule has 1 atom stereocenters. The predicted octanol–water partition coefficient (Wildman–Crippen LogP) is 6.63. The summed E-state index contributed by atoms with van der Waals surface area (Å²) in [5.74, 6) is -0.262. The third-order valence-electron chi connectivity index (χ3n) is 5.92. The van der Waals surface area contributed by atoms with Gasteiger partial charge in [0.05, 0.1) is 22.4 Å². The fourth-order valence-corrected chi connectivity index (χ4v) is 6.52. The van der Waals surface area contributed by atoms with E-state index in [1.165, 1.54) is 41.3 Å². The average Bonchev–Trinajstić information content (AvgIpc) is 3.45. The van der Waals surface area contributed by atoms with Gasteiger partial charge in [-0.2, -0.15) is 0 Å². The number of ether oxygens (including phenoxy) is 2. The largest absolute Gasteiger partial charge is 0.481 e. The molecule has 4 rings (SSSR count). The van der Waals surface area contributed by atoms with Crippen molar-refractivity contribution in [3.63, 3.8) is 0 Å². The normalized spacial score (nSPS) is 13.6. The van der Waals surface area contributed by atoms with E-state index in [1.54, 1.807) is 31.4 Å². The molecule has 2 aromatic heterocycles. The van der Waals surface area contributed by atoms with Gasteiger partial charge in [-0.05, 0) is 70.2 Å². The number of benzene rings is 1.